The fraction of sp³-hybridized carbons (Fsp3) is 0.438. The Morgan fingerprint density at radius 1 is 1.26 bits per heavy atom. The van der Waals surface area contributed by atoms with Gasteiger partial charge < -0.3 is 10.1 Å². The molecule has 3 nitrogen and oxygen atoms in total. The van der Waals surface area contributed by atoms with E-state index in [4.69, 9.17) is 4.74 Å². The van der Waals surface area contributed by atoms with E-state index in [1.54, 1.807) is 20.8 Å². The molecule has 0 radical (unpaired) electrons. The molecule has 0 aliphatic heterocycles. The zero-order valence-corrected chi connectivity index (χ0v) is 13.0. The third-order valence-corrected chi connectivity index (χ3v) is 2.42. The monoisotopic (exact) mass is 331 g/mol. The standard InChI is InChI=1S/C16H17F4NO2/c1-15(2,3)23-14(22)21-9-5-4-6-11-7-8-13(17)12(10-11)16(18,19)20/h7-8,10H,5,9H2,1-3H3,(H,21,22). The third-order valence-electron chi connectivity index (χ3n) is 2.42. The smallest absolute Gasteiger partial charge is 0.419 e. The predicted molar refractivity (Wildman–Crippen MR) is 77.1 cm³/mol. The lowest BCUT2D eigenvalue weighted by molar-refractivity contribution is -0.140. The number of hydrogen-bond acceptors (Lipinski definition) is 2. The molecule has 7 heteroatoms. The quantitative estimate of drug-likeness (QED) is 0.503. The van der Waals surface area contributed by atoms with Gasteiger partial charge in [-0.1, -0.05) is 11.8 Å². The van der Waals surface area contributed by atoms with Crippen molar-refractivity contribution in [2.24, 2.45) is 0 Å². The van der Waals surface area contributed by atoms with Gasteiger partial charge in [-0.05, 0) is 39.0 Å². The van der Waals surface area contributed by atoms with Crippen LogP contribution in [0.3, 0.4) is 0 Å². The number of amides is 1. The van der Waals surface area contributed by atoms with Gasteiger partial charge in [0, 0.05) is 18.5 Å². The van der Waals surface area contributed by atoms with Crippen molar-refractivity contribution in [2.75, 3.05) is 6.54 Å². The normalized spacial score (nSPS) is 11.4. The highest BCUT2D eigenvalue weighted by Gasteiger charge is 2.34. The van der Waals surface area contributed by atoms with Gasteiger partial charge in [-0.2, -0.15) is 13.2 Å². The van der Waals surface area contributed by atoms with Gasteiger partial charge in [0.25, 0.3) is 0 Å². The van der Waals surface area contributed by atoms with Crippen LogP contribution in [0.1, 0.15) is 38.3 Å². The predicted octanol–water partition coefficient (Wildman–Crippen LogP) is 4.11. The molecule has 0 fully saturated rings. The molecule has 0 atom stereocenters. The van der Waals surface area contributed by atoms with Crippen LogP contribution in [0.4, 0.5) is 22.4 Å². The molecule has 0 heterocycles. The van der Waals surface area contributed by atoms with Crippen molar-refractivity contribution in [1.29, 1.82) is 0 Å². The summed E-state index contributed by atoms with van der Waals surface area (Å²) in [5.74, 6) is 3.77. The molecule has 1 N–H and O–H groups in total. The van der Waals surface area contributed by atoms with Gasteiger partial charge in [0.15, 0.2) is 0 Å². The molecule has 1 aromatic carbocycles. The van der Waals surface area contributed by atoms with Crippen molar-refractivity contribution in [2.45, 2.75) is 39.0 Å². The highest BCUT2D eigenvalue weighted by molar-refractivity contribution is 5.67. The van der Waals surface area contributed by atoms with Crippen molar-refractivity contribution < 1.29 is 27.1 Å². The van der Waals surface area contributed by atoms with Crippen LogP contribution in [0.2, 0.25) is 0 Å². The number of carbonyl (C=O) groups excluding carboxylic acids is 1. The van der Waals surface area contributed by atoms with Crippen molar-refractivity contribution >= 4 is 6.09 Å². The lowest BCUT2D eigenvalue weighted by atomic mass is 10.1. The maximum atomic E-state index is 13.1. The first-order valence-electron chi connectivity index (χ1n) is 6.81. The highest BCUT2D eigenvalue weighted by atomic mass is 19.4. The van der Waals surface area contributed by atoms with Crippen LogP contribution >= 0.6 is 0 Å². The van der Waals surface area contributed by atoms with Crippen LogP contribution in [-0.2, 0) is 10.9 Å². The number of alkyl carbamates (subject to hydrolysis) is 1. The Bertz CT molecular complexity index is 622. The second-order valence-corrected chi connectivity index (χ2v) is 5.67. The summed E-state index contributed by atoms with van der Waals surface area (Å²) in [5.41, 5.74) is -1.91. The zero-order chi connectivity index (χ0) is 17.7. The number of rotatable bonds is 2. The molecule has 0 saturated heterocycles. The van der Waals surface area contributed by atoms with Crippen molar-refractivity contribution in [3.05, 3.63) is 35.1 Å². The second-order valence-electron chi connectivity index (χ2n) is 5.67. The first kappa shape index (κ1) is 18.8. The molecular formula is C16H17F4NO2. The van der Waals surface area contributed by atoms with E-state index in [0.29, 0.717) is 6.07 Å². The summed E-state index contributed by atoms with van der Waals surface area (Å²) in [5, 5.41) is 2.47. The molecule has 0 aliphatic rings. The Morgan fingerprint density at radius 2 is 1.91 bits per heavy atom. The number of halogens is 4. The number of nitrogens with one attached hydrogen (secondary N) is 1. The van der Waals surface area contributed by atoms with E-state index < -0.39 is 29.3 Å². The number of ether oxygens (including phenoxy) is 1. The fourth-order valence-corrected chi connectivity index (χ4v) is 1.53. The van der Waals surface area contributed by atoms with E-state index in [9.17, 15) is 22.4 Å². The van der Waals surface area contributed by atoms with E-state index in [0.717, 1.165) is 6.07 Å². The molecule has 0 saturated carbocycles. The Labute approximate surface area is 132 Å². The Hall–Kier alpha value is -2.23. The molecule has 1 rings (SSSR count). The van der Waals surface area contributed by atoms with Gasteiger partial charge in [0.2, 0.25) is 0 Å². The third kappa shape index (κ3) is 7.04. The molecule has 0 bridgehead atoms. The second kappa shape index (κ2) is 7.36. The molecular weight excluding hydrogens is 314 g/mol. The average molecular weight is 331 g/mol. The first-order valence-corrected chi connectivity index (χ1v) is 6.81. The minimum absolute atomic E-state index is 0.0518. The molecule has 126 valence electrons. The molecule has 1 amide bonds. The Balaban J connectivity index is 2.56. The molecule has 0 aliphatic carbocycles. The summed E-state index contributed by atoms with van der Waals surface area (Å²) in [4.78, 5) is 11.3. The van der Waals surface area contributed by atoms with E-state index in [2.05, 4.69) is 17.2 Å². The van der Waals surface area contributed by atoms with E-state index in [1.165, 1.54) is 6.07 Å². The zero-order valence-electron chi connectivity index (χ0n) is 13.0. The van der Waals surface area contributed by atoms with E-state index in [-0.39, 0.29) is 18.5 Å². The number of hydrogen-bond donors (Lipinski definition) is 1. The van der Waals surface area contributed by atoms with Gasteiger partial charge in [0.1, 0.15) is 11.4 Å². The van der Waals surface area contributed by atoms with Crippen LogP contribution < -0.4 is 5.32 Å². The molecule has 0 unspecified atom stereocenters. The largest absolute Gasteiger partial charge is 0.444 e. The highest BCUT2D eigenvalue weighted by Crippen LogP contribution is 2.31. The SMILES string of the molecule is CC(C)(C)OC(=O)NCCC#Cc1ccc(F)c(C(F)(F)F)c1. The molecule has 0 spiro atoms. The minimum atomic E-state index is -4.76. The van der Waals surface area contributed by atoms with Gasteiger partial charge in [-0.15, -0.1) is 0 Å². The maximum Gasteiger partial charge on any atom is 0.419 e. The van der Waals surface area contributed by atoms with Crippen molar-refractivity contribution in [3.63, 3.8) is 0 Å². The Kier molecular flexibility index (Phi) is 6.02. The van der Waals surface area contributed by atoms with E-state index >= 15 is 0 Å². The van der Waals surface area contributed by atoms with Gasteiger partial charge in [0.05, 0.1) is 5.56 Å². The Morgan fingerprint density at radius 3 is 2.48 bits per heavy atom. The summed E-state index contributed by atoms with van der Waals surface area (Å²) < 4.78 is 55.7. The van der Waals surface area contributed by atoms with Gasteiger partial charge >= 0.3 is 12.3 Å². The number of carbonyl (C=O) groups is 1. The number of benzene rings is 1. The van der Waals surface area contributed by atoms with Crippen LogP contribution in [-0.4, -0.2) is 18.2 Å². The van der Waals surface area contributed by atoms with Gasteiger partial charge in [-0.3, -0.25) is 0 Å². The molecule has 23 heavy (non-hydrogen) atoms. The summed E-state index contributed by atoms with van der Waals surface area (Å²) >= 11 is 0. The molecule has 1 aromatic rings. The summed E-state index contributed by atoms with van der Waals surface area (Å²) in [6.45, 7) is 5.35. The van der Waals surface area contributed by atoms with Crippen LogP contribution in [0.5, 0.6) is 0 Å². The van der Waals surface area contributed by atoms with Crippen molar-refractivity contribution in [1.82, 2.24) is 5.32 Å². The van der Waals surface area contributed by atoms with Crippen LogP contribution in [0.25, 0.3) is 0 Å². The van der Waals surface area contributed by atoms with E-state index in [1.807, 2.05) is 0 Å². The molecule has 0 aromatic heterocycles. The first-order chi connectivity index (χ1) is 10.5. The lowest BCUT2D eigenvalue weighted by Gasteiger charge is -2.19. The topological polar surface area (TPSA) is 38.3 Å². The fourth-order valence-electron chi connectivity index (χ4n) is 1.53. The lowest BCUT2D eigenvalue weighted by Crippen LogP contribution is -2.32. The number of alkyl halides is 3. The summed E-state index contributed by atoms with van der Waals surface area (Å²) in [6.07, 6.45) is -5.14. The summed E-state index contributed by atoms with van der Waals surface area (Å²) in [7, 11) is 0. The van der Waals surface area contributed by atoms with Crippen LogP contribution in [0, 0.1) is 17.7 Å². The van der Waals surface area contributed by atoms with Crippen molar-refractivity contribution in [3.8, 4) is 11.8 Å². The average Bonchev–Trinajstić information content (AvgIpc) is 2.36. The minimum Gasteiger partial charge on any atom is -0.444 e. The maximum absolute atomic E-state index is 13.1. The summed E-state index contributed by atoms with van der Waals surface area (Å²) in [6, 6.07) is 2.55. The van der Waals surface area contributed by atoms with Gasteiger partial charge in [-0.25, -0.2) is 9.18 Å². The van der Waals surface area contributed by atoms with Crippen LogP contribution in [0.15, 0.2) is 18.2 Å².